The summed E-state index contributed by atoms with van der Waals surface area (Å²) in [5.41, 5.74) is -8.00. The zero-order chi connectivity index (χ0) is 30.0. The van der Waals surface area contributed by atoms with Gasteiger partial charge in [0.1, 0.15) is 17.8 Å². The maximum Gasteiger partial charge on any atom is 0.309 e. The molecule has 1 saturated heterocycles. The summed E-state index contributed by atoms with van der Waals surface area (Å²) in [6.07, 6.45) is -1.37. The minimum absolute atomic E-state index is 0.230. The zero-order valence-electron chi connectivity index (χ0n) is 24.6. The quantitative estimate of drug-likeness (QED) is 0.262. The molecule has 40 heavy (non-hydrogen) atoms. The Labute approximate surface area is 235 Å². The van der Waals surface area contributed by atoms with Crippen molar-refractivity contribution in [2.45, 2.75) is 109 Å². The Morgan fingerprint density at radius 1 is 1.10 bits per heavy atom. The number of aliphatic hydroxyl groups is 4. The van der Waals surface area contributed by atoms with E-state index in [9.17, 15) is 34.8 Å². The first-order valence-corrected chi connectivity index (χ1v) is 14.6. The topological polar surface area (TPSA) is 163 Å². The van der Waals surface area contributed by atoms with E-state index in [2.05, 4.69) is 0 Å². The number of hydrogen-bond donors (Lipinski definition) is 4. The second kappa shape index (κ2) is 8.83. The average Bonchev–Trinajstić information content (AvgIpc) is 3.76. The minimum atomic E-state index is -2.25. The molecular weight excluding hydrogens is 520 g/mol. The molecule has 1 heterocycles. The standard InChI is InChI=1S/C30H44O10/c1-9-13(3)23(34)38-22-16(6)28(36)17-11-15(5)20(32)29(17,37)25-27(12-31,40-25)21(33)18(28)19-26(7,8)30(19,22)39-24(35)14(4)10-2/h11,13-14,16-19,21-22,25,31,33,36-37H,9-10,12H2,1-8H3. The van der Waals surface area contributed by atoms with Crippen LogP contribution in [0.1, 0.15) is 68.2 Å². The van der Waals surface area contributed by atoms with Gasteiger partial charge in [-0.3, -0.25) is 14.4 Å². The predicted molar refractivity (Wildman–Crippen MR) is 140 cm³/mol. The number of ether oxygens (including phenoxy) is 3. The van der Waals surface area contributed by atoms with Gasteiger partial charge in [-0.15, -0.1) is 0 Å². The first-order valence-electron chi connectivity index (χ1n) is 14.6. The van der Waals surface area contributed by atoms with E-state index >= 15 is 0 Å². The lowest BCUT2D eigenvalue weighted by molar-refractivity contribution is -0.252. The van der Waals surface area contributed by atoms with E-state index in [0.717, 1.165) is 0 Å². The molecule has 4 aliphatic carbocycles. The first-order chi connectivity index (χ1) is 18.5. The van der Waals surface area contributed by atoms with E-state index < -0.39 is 106 Å². The van der Waals surface area contributed by atoms with Crippen LogP contribution in [-0.4, -0.2) is 85.5 Å². The molecule has 13 unspecified atom stereocenters. The molecule has 5 aliphatic rings. The average molecular weight is 565 g/mol. The van der Waals surface area contributed by atoms with Crippen molar-refractivity contribution in [2.24, 2.45) is 40.9 Å². The second-order valence-corrected chi connectivity index (χ2v) is 13.6. The van der Waals surface area contributed by atoms with Gasteiger partial charge in [0.2, 0.25) is 0 Å². The molecule has 0 aromatic heterocycles. The molecule has 0 aromatic rings. The fraction of sp³-hybridized carbons (Fsp3) is 0.833. The summed E-state index contributed by atoms with van der Waals surface area (Å²) in [5, 5.41) is 47.3. The lowest BCUT2D eigenvalue weighted by Gasteiger charge is -2.54. The van der Waals surface area contributed by atoms with Gasteiger partial charge in [0.15, 0.2) is 17.0 Å². The third kappa shape index (κ3) is 3.20. The van der Waals surface area contributed by atoms with E-state index in [-0.39, 0.29) is 5.57 Å². The number of fused-ring (bicyclic) bond motifs is 7. The summed E-state index contributed by atoms with van der Waals surface area (Å²) in [5.74, 6) is -6.64. The molecule has 10 heteroatoms. The highest BCUT2D eigenvalue weighted by Gasteiger charge is 2.93. The van der Waals surface area contributed by atoms with Crippen molar-refractivity contribution in [1.82, 2.24) is 0 Å². The molecule has 4 fully saturated rings. The highest BCUT2D eigenvalue weighted by Crippen LogP contribution is 2.79. The van der Waals surface area contributed by atoms with Gasteiger partial charge in [-0.25, -0.2) is 0 Å². The Morgan fingerprint density at radius 2 is 1.68 bits per heavy atom. The molecular formula is C30H44O10. The number of esters is 2. The van der Waals surface area contributed by atoms with E-state index in [0.29, 0.717) is 12.8 Å². The molecule has 13 atom stereocenters. The number of ketones is 1. The Balaban J connectivity index is 1.73. The van der Waals surface area contributed by atoms with Gasteiger partial charge >= 0.3 is 11.9 Å². The molecule has 0 spiro atoms. The van der Waals surface area contributed by atoms with Crippen LogP contribution in [0.15, 0.2) is 11.6 Å². The number of carbonyl (C=O) groups is 3. The molecule has 5 rings (SSSR count). The van der Waals surface area contributed by atoms with Crippen LogP contribution in [0.3, 0.4) is 0 Å². The van der Waals surface area contributed by atoms with E-state index in [1.54, 1.807) is 27.7 Å². The Morgan fingerprint density at radius 3 is 2.23 bits per heavy atom. The van der Waals surface area contributed by atoms with Crippen molar-refractivity contribution in [1.29, 1.82) is 0 Å². The molecule has 224 valence electrons. The van der Waals surface area contributed by atoms with Crippen LogP contribution < -0.4 is 0 Å². The Bertz CT molecular complexity index is 1160. The van der Waals surface area contributed by atoms with Crippen molar-refractivity contribution in [3.63, 3.8) is 0 Å². The van der Waals surface area contributed by atoms with Crippen molar-refractivity contribution < 1.29 is 49.0 Å². The van der Waals surface area contributed by atoms with Crippen LogP contribution in [-0.2, 0) is 28.6 Å². The van der Waals surface area contributed by atoms with Crippen molar-refractivity contribution >= 4 is 17.7 Å². The third-order valence-corrected chi connectivity index (χ3v) is 11.5. The summed E-state index contributed by atoms with van der Waals surface area (Å²) < 4.78 is 18.3. The summed E-state index contributed by atoms with van der Waals surface area (Å²) in [6, 6.07) is 0. The fourth-order valence-corrected chi connectivity index (χ4v) is 8.52. The van der Waals surface area contributed by atoms with Crippen molar-refractivity contribution in [3.05, 3.63) is 11.6 Å². The van der Waals surface area contributed by atoms with Crippen LogP contribution in [0.5, 0.6) is 0 Å². The molecule has 0 amide bonds. The number of epoxide rings is 1. The SMILES string of the molecule is CCC(C)C(=O)OC1C(C)C2(O)C(C(O)C3(CO)OC3C3(O)C(=O)C(C)=CC32)C2C(C)(C)C12OC(=O)C(C)CC. The summed E-state index contributed by atoms with van der Waals surface area (Å²) >= 11 is 0. The van der Waals surface area contributed by atoms with E-state index in [4.69, 9.17) is 14.2 Å². The maximum atomic E-state index is 13.4. The van der Waals surface area contributed by atoms with Crippen molar-refractivity contribution in [2.75, 3.05) is 6.61 Å². The molecule has 0 radical (unpaired) electrons. The summed E-state index contributed by atoms with van der Waals surface area (Å²) in [4.78, 5) is 40.0. The van der Waals surface area contributed by atoms with Crippen LogP contribution >= 0.6 is 0 Å². The number of rotatable bonds is 7. The summed E-state index contributed by atoms with van der Waals surface area (Å²) in [6.45, 7) is 13.4. The van der Waals surface area contributed by atoms with Crippen LogP contribution in [0.25, 0.3) is 0 Å². The predicted octanol–water partition coefficient (Wildman–Crippen LogP) is 1.31. The lowest BCUT2D eigenvalue weighted by atomic mass is 9.57. The Kier molecular flexibility index (Phi) is 6.54. The second-order valence-electron chi connectivity index (χ2n) is 13.6. The van der Waals surface area contributed by atoms with Gasteiger partial charge in [0.25, 0.3) is 0 Å². The number of carbonyl (C=O) groups excluding carboxylic acids is 3. The molecule has 10 nitrogen and oxygen atoms in total. The number of aliphatic hydroxyl groups excluding tert-OH is 2. The maximum absolute atomic E-state index is 13.4. The van der Waals surface area contributed by atoms with Gasteiger partial charge in [-0.05, 0) is 25.3 Å². The zero-order valence-corrected chi connectivity index (χ0v) is 24.6. The highest BCUT2D eigenvalue weighted by atomic mass is 16.7. The molecule has 4 N–H and O–H groups in total. The van der Waals surface area contributed by atoms with E-state index in [1.165, 1.54) is 6.08 Å². The monoisotopic (exact) mass is 564 g/mol. The fourth-order valence-electron chi connectivity index (χ4n) is 8.52. The number of hydrogen-bond acceptors (Lipinski definition) is 10. The van der Waals surface area contributed by atoms with Crippen LogP contribution in [0.4, 0.5) is 0 Å². The largest absolute Gasteiger partial charge is 0.457 e. The van der Waals surface area contributed by atoms with Gasteiger partial charge in [0, 0.05) is 29.1 Å². The molecule has 3 saturated carbocycles. The minimum Gasteiger partial charge on any atom is -0.457 e. The normalized spacial score (nSPS) is 49.2. The highest BCUT2D eigenvalue weighted by molar-refractivity contribution is 6.05. The van der Waals surface area contributed by atoms with E-state index in [1.807, 2.05) is 27.7 Å². The smallest absolute Gasteiger partial charge is 0.309 e. The van der Waals surface area contributed by atoms with Gasteiger partial charge in [0.05, 0.1) is 30.1 Å². The van der Waals surface area contributed by atoms with Crippen molar-refractivity contribution in [3.8, 4) is 0 Å². The van der Waals surface area contributed by atoms with Crippen LogP contribution in [0, 0.1) is 40.9 Å². The van der Waals surface area contributed by atoms with Gasteiger partial charge < -0.3 is 34.6 Å². The molecule has 1 aliphatic heterocycles. The van der Waals surface area contributed by atoms with Crippen LogP contribution in [0.2, 0.25) is 0 Å². The first kappa shape index (κ1) is 29.6. The van der Waals surface area contributed by atoms with Gasteiger partial charge in [-0.1, -0.05) is 54.5 Å². The molecule has 0 bridgehead atoms. The third-order valence-electron chi connectivity index (χ3n) is 11.5. The van der Waals surface area contributed by atoms with Gasteiger partial charge in [-0.2, -0.15) is 0 Å². The Hall–Kier alpha value is -1.85. The lowest BCUT2D eigenvalue weighted by Crippen LogP contribution is -2.69. The molecule has 0 aromatic carbocycles. The summed E-state index contributed by atoms with van der Waals surface area (Å²) in [7, 11) is 0. The number of Topliss-reactive ketones (excluding diaryl/α,β-unsaturated/α-hetero) is 1.